The summed E-state index contributed by atoms with van der Waals surface area (Å²) < 4.78 is 0. The van der Waals surface area contributed by atoms with E-state index in [1.165, 1.54) is 25.7 Å². The van der Waals surface area contributed by atoms with Gasteiger partial charge >= 0.3 is 0 Å². The molecule has 17 heavy (non-hydrogen) atoms. The molecule has 0 aromatic carbocycles. The Morgan fingerprint density at radius 1 is 1.35 bits per heavy atom. The van der Waals surface area contributed by atoms with Gasteiger partial charge in [0.2, 0.25) is 5.91 Å². The van der Waals surface area contributed by atoms with E-state index in [9.17, 15) is 4.79 Å². The van der Waals surface area contributed by atoms with E-state index in [0.717, 1.165) is 38.4 Å². The number of rotatable bonds is 4. The van der Waals surface area contributed by atoms with Crippen LogP contribution in [0, 0.1) is 16.7 Å². The van der Waals surface area contributed by atoms with Gasteiger partial charge in [-0.3, -0.25) is 4.79 Å². The van der Waals surface area contributed by atoms with Crippen molar-refractivity contribution in [2.24, 2.45) is 16.7 Å². The molecule has 2 aliphatic carbocycles. The number of hydrogen-bond donors (Lipinski definition) is 2. The average molecular weight is 236 g/mol. The third kappa shape index (κ3) is 2.22. The van der Waals surface area contributed by atoms with Crippen molar-refractivity contribution in [1.29, 1.82) is 0 Å². The van der Waals surface area contributed by atoms with Gasteiger partial charge in [0, 0.05) is 13.1 Å². The first-order valence-electron chi connectivity index (χ1n) is 7.14. The molecule has 0 bridgehead atoms. The monoisotopic (exact) mass is 236 g/mol. The first-order chi connectivity index (χ1) is 8.15. The zero-order valence-corrected chi connectivity index (χ0v) is 10.8. The van der Waals surface area contributed by atoms with E-state index in [4.69, 9.17) is 0 Å². The molecule has 1 unspecified atom stereocenters. The number of amides is 1. The minimum absolute atomic E-state index is 0.169. The summed E-state index contributed by atoms with van der Waals surface area (Å²) in [6.45, 7) is 4.95. The van der Waals surface area contributed by atoms with Crippen LogP contribution in [0.1, 0.15) is 45.4 Å². The van der Waals surface area contributed by atoms with E-state index < -0.39 is 0 Å². The number of carbonyl (C=O) groups is 1. The van der Waals surface area contributed by atoms with Gasteiger partial charge in [-0.2, -0.15) is 0 Å². The quantitative estimate of drug-likeness (QED) is 0.780. The van der Waals surface area contributed by atoms with E-state index in [2.05, 4.69) is 17.6 Å². The molecule has 3 fully saturated rings. The predicted octanol–water partition coefficient (Wildman–Crippen LogP) is 1.68. The van der Waals surface area contributed by atoms with Gasteiger partial charge in [0.25, 0.3) is 0 Å². The van der Waals surface area contributed by atoms with Crippen molar-refractivity contribution in [3.8, 4) is 0 Å². The molecule has 0 radical (unpaired) electrons. The summed E-state index contributed by atoms with van der Waals surface area (Å²) in [4.78, 5) is 12.3. The Kier molecular flexibility index (Phi) is 2.69. The van der Waals surface area contributed by atoms with Gasteiger partial charge in [-0.05, 0) is 63.3 Å². The molecule has 0 spiro atoms. The van der Waals surface area contributed by atoms with Crippen LogP contribution in [0.5, 0.6) is 0 Å². The van der Waals surface area contributed by atoms with E-state index in [0.29, 0.717) is 5.41 Å². The van der Waals surface area contributed by atoms with Gasteiger partial charge in [-0.15, -0.1) is 0 Å². The summed E-state index contributed by atoms with van der Waals surface area (Å²) in [5, 5.41) is 6.58. The summed E-state index contributed by atoms with van der Waals surface area (Å²) in [5.41, 5.74) is 0.353. The molecule has 0 aromatic heterocycles. The smallest absolute Gasteiger partial charge is 0.227 e. The fourth-order valence-corrected chi connectivity index (χ4v) is 3.31. The molecule has 1 amide bonds. The Balaban J connectivity index is 1.52. The fourth-order valence-electron chi connectivity index (χ4n) is 3.31. The van der Waals surface area contributed by atoms with E-state index in [1.807, 2.05) is 0 Å². The molecule has 3 heteroatoms. The number of carbonyl (C=O) groups excluding carboxylic acids is 1. The number of nitrogens with one attached hydrogen (secondary N) is 2. The second-order valence-corrected chi connectivity index (χ2v) is 6.66. The van der Waals surface area contributed by atoms with E-state index >= 15 is 0 Å². The molecule has 3 rings (SSSR count). The van der Waals surface area contributed by atoms with Gasteiger partial charge in [0.1, 0.15) is 0 Å². The lowest BCUT2D eigenvalue weighted by Gasteiger charge is -2.33. The van der Waals surface area contributed by atoms with Crippen LogP contribution >= 0.6 is 0 Å². The molecular formula is C14H24N2O. The lowest BCUT2D eigenvalue weighted by atomic mass is 9.81. The second kappa shape index (κ2) is 3.98. The fraction of sp³-hybridized carbons (Fsp3) is 0.929. The minimum atomic E-state index is -0.169. The van der Waals surface area contributed by atoms with Crippen molar-refractivity contribution in [1.82, 2.24) is 10.6 Å². The van der Waals surface area contributed by atoms with Gasteiger partial charge in [-0.25, -0.2) is 0 Å². The maximum absolute atomic E-state index is 12.3. The van der Waals surface area contributed by atoms with Crippen molar-refractivity contribution in [3.63, 3.8) is 0 Å². The van der Waals surface area contributed by atoms with Crippen LogP contribution in [0.15, 0.2) is 0 Å². The third-order valence-electron chi connectivity index (χ3n) is 5.08. The zero-order valence-electron chi connectivity index (χ0n) is 10.8. The first-order valence-corrected chi connectivity index (χ1v) is 7.14. The Morgan fingerprint density at radius 3 is 2.65 bits per heavy atom. The van der Waals surface area contributed by atoms with Crippen LogP contribution in [-0.4, -0.2) is 25.5 Å². The van der Waals surface area contributed by atoms with Gasteiger partial charge in [0.15, 0.2) is 0 Å². The number of piperidine rings is 1. The summed E-state index contributed by atoms with van der Waals surface area (Å²) in [7, 11) is 0. The highest BCUT2D eigenvalue weighted by Gasteiger charge is 2.53. The maximum Gasteiger partial charge on any atom is 0.227 e. The highest BCUT2D eigenvalue weighted by Crippen LogP contribution is 2.60. The van der Waals surface area contributed by atoms with Crippen molar-refractivity contribution in [2.45, 2.75) is 45.4 Å². The lowest BCUT2D eigenvalue weighted by Crippen LogP contribution is -2.49. The first kappa shape index (κ1) is 11.5. The van der Waals surface area contributed by atoms with Crippen molar-refractivity contribution in [3.05, 3.63) is 0 Å². The van der Waals surface area contributed by atoms with Crippen LogP contribution in [-0.2, 0) is 4.79 Å². The molecule has 1 atom stereocenters. The highest BCUT2D eigenvalue weighted by atomic mass is 16.2. The Labute approximate surface area is 104 Å². The normalized spacial score (nSPS) is 35.4. The van der Waals surface area contributed by atoms with E-state index in [1.54, 1.807) is 0 Å². The molecular weight excluding hydrogens is 212 g/mol. The molecule has 3 nitrogen and oxygen atoms in total. The Morgan fingerprint density at radius 2 is 2.12 bits per heavy atom. The molecule has 1 heterocycles. The summed E-state index contributed by atoms with van der Waals surface area (Å²) in [5.74, 6) is 1.21. The highest BCUT2D eigenvalue weighted by molar-refractivity contribution is 5.82. The lowest BCUT2D eigenvalue weighted by molar-refractivity contribution is -0.131. The van der Waals surface area contributed by atoms with Crippen LogP contribution in [0.3, 0.4) is 0 Å². The van der Waals surface area contributed by atoms with Crippen molar-refractivity contribution < 1.29 is 4.79 Å². The molecule has 1 saturated heterocycles. The molecule has 1 aliphatic heterocycles. The van der Waals surface area contributed by atoms with Crippen LogP contribution in [0.2, 0.25) is 0 Å². The van der Waals surface area contributed by atoms with Gasteiger partial charge in [0.05, 0.1) is 5.41 Å². The number of hydrogen-bond acceptors (Lipinski definition) is 2. The summed E-state index contributed by atoms with van der Waals surface area (Å²) in [6, 6.07) is 0. The second-order valence-electron chi connectivity index (χ2n) is 6.66. The molecule has 2 saturated carbocycles. The zero-order chi connectivity index (χ0) is 11.9. The van der Waals surface area contributed by atoms with Gasteiger partial charge < -0.3 is 10.6 Å². The van der Waals surface area contributed by atoms with Crippen molar-refractivity contribution in [2.75, 3.05) is 19.6 Å². The maximum atomic E-state index is 12.3. The molecule has 2 N–H and O–H groups in total. The average Bonchev–Trinajstić information content (AvgIpc) is 3.17. The van der Waals surface area contributed by atoms with Crippen LogP contribution in [0.4, 0.5) is 0 Å². The summed E-state index contributed by atoms with van der Waals surface area (Å²) >= 11 is 0. The third-order valence-corrected chi connectivity index (χ3v) is 5.08. The van der Waals surface area contributed by atoms with Crippen LogP contribution < -0.4 is 10.6 Å². The molecule has 3 aliphatic rings. The Hall–Kier alpha value is -0.570. The SMILES string of the molecule is CC1(C(=O)NCC2(C3CC3)CC2)CCCNC1. The molecule has 0 aromatic rings. The largest absolute Gasteiger partial charge is 0.355 e. The molecule has 96 valence electrons. The predicted molar refractivity (Wildman–Crippen MR) is 67.6 cm³/mol. The summed E-state index contributed by atoms with van der Waals surface area (Å²) in [6.07, 6.45) is 7.63. The van der Waals surface area contributed by atoms with Crippen molar-refractivity contribution >= 4 is 5.91 Å². The Bertz CT molecular complexity index is 312. The van der Waals surface area contributed by atoms with Crippen LogP contribution in [0.25, 0.3) is 0 Å². The topological polar surface area (TPSA) is 41.1 Å². The van der Waals surface area contributed by atoms with Gasteiger partial charge in [-0.1, -0.05) is 0 Å². The standard InChI is InChI=1S/C14H24N2O/c1-13(5-2-8-15-9-13)12(17)16-10-14(6-7-14)11-3-4-11/h11,15H,2-10H2,1H3,(H,16,17). The minimum Gasteiger partial charge on any atom is -0.355 e. The van der Waals surface area contributed by atoms with E-state index in [-0.39, 0.29) is 11.3 Å².